The highest BCUT2D eigenvalue weighted by atomic mass is 19.1. The van der Waals surface area contributed by atoms with Gasteiger partial charge < -0.3 is 25.4 Å². The maximum absolute atomic E-state index is 15.1. The fourth-order valence-electron chi connectivity index (χ4n) is 5.77. The molecule has 3 aliphatic rings. The van der Waals surface area contributed by atoms with Crippen LogP contribution in [0.15, 0.2) is 42.2 Å². The molecule has 214 valence electrons. The second kappa shape index (κ2) is 12.6. The van der Waals surface area contributed by atoms with Gasteiger partial charge in [-0.2, -0.15) is 0 Å². The van der Waals surface area contributed by atoms with Gasteiger partial charge >= 0.3 is 0 Å². The second-order valence-corrected chi connectivity index (χ2v) is 11.2. The number of aliphatic hydroxyl groups is 1. The number of rotatable bonds is 10. The summed E-state index contributed by atoms with van der Waals surface area (Å²) in [5.41, 5.74) is 5.38. The van der Waals surface area contributed by atoms with Crippen LogP contribution in [0.5, 0.6) is 5.75 Å². The maximum atomic E-state index is 15.1. The highest BCUT2D eigenvalue weighted by Crippen LogP contribution is 2.34. The quantitative estimate of drug-likeness (QED) is 0.463. The molecule has 7 nitrogen and oxygen atoms in total. The van der Waals surface area contributed by atoms with Crippen molar-refractivity contribution in [1.29, 1.82) is 0 Å². The number of allylic oxidation sites excluding steroid dienone is 3. The number of halogens is 2. The Morgan fingerprint density at radius 3 is 2.41 bits per heavy atom. The molecule has 0 spiro atoms. The molecule has 1 aromatic rings. The summed E-state index contributed by atoms with van der Waals surface area (Å²) < 4.78 is 35.8. The van der Waals surface area contributed by atoms with Crippen LogP contribution in [0, 0.1) is 11.8 Å². The van der Waals surface area contributed by atoms with Crippen molar-refractivity contribution in [3.05, 3.63) is 47.8 Å². The first-order valence-electron chi connectivity index (χ1n) is 14.1. The summed E-state index contributed by atoms with van der Waals surface area (Å²) in [4.78, 5) is 28.1. The van der Waals surface area contributed by atoms with E-state index in [9.17, 15) is 19.1 Å². The van der Waals surface area contributed by atoms with Crippen LogP contribution in [-0.4, -0.2) is 77.3 Å². The lowest BCUT2D eigenvalue weighted by Gasteiger charge is -2.36. The number of β-amino-alcohol motifs (C(OH)–C–C–N with tert-alkyl or cyclic N) is 1. The van der Waals surface area contributed by atoms with Crippen LogP contribution in [0.2, 0.25) is 0 Å². The molecule has 2 amide bonds. The zero-order valence-electron chi connectivity index (χ0n) is 23.0. The molecule has 2 saturated heterocycles. The van der Waals surface area contributed by atoms with Gasteiger partial charge in [-0.05, 0) is 62.4 Å². The monoisotopic (exact) mass is 545 g/mol. The van der Waals surface area contributed by atoms with E-state index in [1.807, 2.05) is 26.0 Å². The fourth-order valence-corrected chi connectivity index (χ4v) is 5.77. The minimum Gasteiger partial charge on any atom is -0.493 e. The van der Waals surface area contributed by atoms with E-state index in [0.717, 1.165) is 25.9 Å². The van der Waals surface area contributed by atoms with E-state index >= 15 is 4.39 Å². The number of primary amides is 1. The lowest BCUT2D eigenvalue weighted by molar-refractivity contribution is -0.139. The van der Waals surface area contributed by atoms with Crippen LogP contribution in [0.25, 0.3) is 5.57 Å². The molecule has 1 aromatic carbocycles. The molecule has 2 aliphatic heterocycles. The van der Waals surface area contributed by atoms with E-state index in [-0.39, 0.29) is 19.4 Å². The molecule has 2 fully saturated rings. The Labute approximate surface area is 229 Å². The lowest BCUT2D eigenvalue weighted by Crippen LogP contribution is -2.46. The highest BCUT2D eigenvalue weighted by Gasteiger charge is 2.40. The molecule has 3 atom stereocenters. The predicted molar refractivity (Wildman–Crippen MR) is 146 cm³/mol. The van der Waals surface area contributed by atoms with Crippen molar-refractivity contribution in [3.63, 3.8) is 0 Å². The van der Waals surface area contributed by atoms with Crippen LogP contribution >= 0.6 is 0 Å². The van der Waals surface area contributed by atoms with Crippen molar-refractivity contribution in [3.8, 4) is 5.75 Å². The van der Waals surface area contributed by atoms with E-state index < -0.39 is 41.4 Å². The predicted octanol–water partition coefficient (Wildman–Crippen LogP) is 4.01. The number of amides is 2. The zero-order chi connectivity index (χ0) is 28.2. The molecule has 0 radical (unpaired) electrons. The van der Waals surface area contributed by atoms with Gasteiger partial charge in [-0.3, -0.25) is 9.59 Å². The summed E-state index contributed by atoms with van der Waals surface area (Å²) in [5, 5.41) is 9.88. The average molecular weight is 546 g/mol. The number of likely N-dealkylation sites (tertiary alicyclic amines) is 2. The first kappa shape index (κ1) is 29.2. The Morgan fingerprint density at radius 1 is 1.15 bits per heavy atom. The van der Waals surface area contributed by atoms with E-state index in [1.165, 1.54) is 4.90 Å². The summed E-state index contributed by atoms with van der Waals surface area (Å²) in [7, 11) is 0. The minimum absolute atomic E-state index is 0.0194. The smallest absolute Gasteiger partial charge is 0.240 e. The van der Waals surface area contributed by atoms with Crippen molar-refractivity contribution < 1.29 is 28.2 Å². The summed E-state index contributed by atoms with van der Waals surface area (Å²) in [5.74, 6) is -1.11. The SMILES string of the molecule is CCC(F)(CC)CN1CCC(COc2ccc(C3=C(F)CC(C(=O)N4CC(O)CC4C(N)=O)C=C3)cc2)CC1. The molecule has 0 bridgehead atoms. The third-order valence-corrected chi connectivity index (χ3v) is 8.53. The lowest BCUT2D eigenvalue weighted by atomic mass is 9.91. The van der Waals surface area contributed by atoms with Gasteiger partial charge in [-0.15, -0.1) is 0 Å². The molecular weight excluding hydrogens is 504 g/mol. The Morgan fingerprint density at radius 2 is 1.82 bits per heavy atom. The normalized spacial score (nSPS) is 24.8. The van der Waals surface area contributed by atoms with Gasteiger partial charge in [-0.25, -0.2) is 8.78 Å². The molecule has 4 rings (SSSR count). The molecular formula is C30H41F2N3O4. The summed E-state index contributed by atoms with van der Waals surface area (Å²) in [6.45, 7) is 6.69. The third-order valence-electron chi connectivity index (χ3n) is 8.53. The zero-order valence-corrected chi connectivity index (χ0v) is 23.0. The summed E-state index contributed by atoms with van der Waals surface area (Å²) in [6, 6.07) is 6.37. The Kier molecular flexibility index (Phi) is 9.43. The molecule has 3 N–H and O–H groups in total. The van der Waals surface area contributed by atoms with Crippen LogP contribution in [0.3, 0.4) is 0 Å². The van der Waals surface area contributed by atoms with Crippen molar-refractivity contribution in [2.45, 2.75) is 70.2 Å². The number of hydrogen-bond acceptors (Lipinski definition) is 5. The van der Waals surface area contributed by atoms with E-state index in [2.05, 4.69) is 4.90 Å². The van der Waals surface area contributed by atoms with Crippen molar-refractivity contribution >= 4 is 17.4 Å². The molecule has 2 heterocycles. The average Bonchev–Trinajstić information content (AvgIpc) is 3.34. The molecule has 0 saturated carbocycles. The highest BCUT2D eigenvalue weighted by molar-refractivity contribution is 5.90. The maximum Gasteiger partial charge on any atom is 0.240 e. The first-order chi connectivity index (χ1) is 18.6. The molecule has 39 heavy (non-hydrogen) atoms. The number of nitrogens with zero attached hydrogens (tertiary/aromatic N) is 2. The van der Waals surface area contributed by atoms with Crippen molar-refractivity contribution in [1.82, 2.24) is 9.80 Å². The van der Waals surface area contributed by atoms with Crippen molar-refractivity contribution in [2.75, 3.05) is 32.8 Å². The number of alkyl halides is 1. The second-order valence-electron chi connectivity index (χ2n) is 11.2. The number of carbonyl (C=O) groups excluding carboxylic acids is 2. The number of nitrogens with two attached hydrogens (primary N) is 1. The van der Waals surface area contributed by atoms with Gasteiger partial charge in [-0.1, -0.05) is 38.1 Å². The van der Waals surface area contributed by atoms with Crippen LogP contribution in [0.4, 0.5) is 8.78 Å². The van der Waals surface area contributed by atoms with Crippen LogP contribution in [-0.2, 0) is 9.59 Å². The molecule has 0 aromatic heterocycles. The first-order valence-corrected chi connectivity index (χ1v) is 14.1. The van der Waals surface area contributed by atoms with E-state index in [0.29, 0.717) is 48.8 Å². The molecule has 9 heteroatoms. The number of aliphatic hydroxyl groups excluding tert-OH is 1. The Bertz CT molecular complexity index is 1080. The Balaban J connectivity index is 1.27. The number of hydrogen-bond donors (Lipinski definition) is 2. The van der Waals surface area contributed by atoms with Gasteiger partial charge in [0.2, 0.25) is 11.8 Å². The number of piperidine rings is 1. The van der Waals surface area contributed by atoms with Gasteiger partial charge in [0.25, 0.3) is 0 Å². The Hall–Kier alpha value is -2.78. The number of ether oxygens (including phenoxy) is 1. The van der Waals surface area contributed by atoms with E-state index in [1.54, 1.807) is 24.3 Å². The number of benzene rings is 1. The fraction of sp³-hybridized carbons (Fsp3) is 0.600. The van der Waals surface area contributed by atoms with Crippen molar-refractivity contribution in [2.24, 2.45) is 17.6 Å². The summed E-state index contributed by atoms with van der Waals surface area (Å²) in [6.07, 6.45) is 5.45. The number of carbonyl (C=O) groups is 2. The third kappa shape index (κ3) is 7.06. The molecule has 3 unspecified atom stereocenters. The van der Waals surface area contributed by atoms with Gasteiger partial charge in [0.05, 0.1) is 18.6 Å². The van der Waals surface area contributed by atoms with Crippen LogP contribution in [0.1, 0.15) is 57.9 Å². The standard InChI is InChI=1S/C30H41F2N3O4/c1-3-30(32,4-2)19-34-13-11-20(12-14-34)18-39-24-8-5-21(6-9-24)25-10-7-22(15-26(25)31)29(38)35-17-23(36)16-27(35)28(33)37/h5-10,20,22-23,27,36H,3-4,11-19H2,1-2H3,(H2,33,37). The van der Waals surface area contributed by atoms with Gasteiger partial charge in [0, 0.05) is 31.5 Å². The van der Waals surface area contributed by atoms with Crippen LogP contribution < -0.4 is 10.5 Å². The minimum atomic E-state index is -1.10. The topological polar surface area (TPSA) is 96.1 Å². The molecule has 1 aliphatic carbocycles. The van der Waals surface area contributed by atoms with E-state index in [4.69, 9.17) is 10.5 Å². The van der Waals surface area contributed by atoms with Gasteiger partial charge in [0.1, 0.15) is 23.3 Å². The largest absolute Gasteiger partial charge is 0.493 e. The van der Waals surface area contributed by atoms with Gasteiger partial charge in [0.15, 0.2) is 0 Å². The summed E-state index contributed by atoms with van der Waals surface area (Å²) >= 11 is 0.